The van der Waals surface area contributed by atoms with Crippen LogP contribution in [0.4, 0.5) is 5.69 Å². The Balaban J connectivity index is 3.00. The van der Waals surface area contributed by atoms with E-state index in [9.17, 15) is 9.59 Å². The highest BCUT2D eigenvalue weighted by Crippen LogP contribution is 2.25. The van der Waals surface area contributed by atoms with Crippen LogP contribution >= 0.6 is 0 Å². The van der Waals surface area contributed by atoms with Crippen LogP contribution in [0.15, 0.2) is 18.2 Å². The van der Waals surface area contributed by atoms with E-state index >= 15 is 0 Å². The lowest BCUT2D eigenvalue weighted by Crippen LogP contribution is -2.35. The zero-order valence-corrected chi connectivity index (χ0v) is 9.77. The topological polar surface area (TPSA) is 98.6 Å². The highest BCUT2D eigenvalue weighted by Gasteiger charge is 2.17. The van der Waals surface area contributed by atoms with E-state index in [1.165, 1.54) is 19.1 Å². The van der Waals surface area contributed by atoms with E-state index in [0.717, 1.165) is 0 Å². The number of amides is 2. The van der Waals surface area contributed by atoms with Crippen LogP contribution in [-0.2, 0) is 4.79 Å². The molecule has 92 valence electrons. The number of anilines is 1. The Morgan fingerprint density at radius 3 is 2.59 bits per heavy atom. The summed E-state index contributed by atoms with van der Waals surface area (Å²) in [7, 11) is 2.94. The number of para-hydroxylation sites is 1. The van der Waals surface area contributed by atoms with Gasteiger partial charge in [0.1, 0.15) is 5.75 Å². The number of benzene rings is 1. The average Bonchev–Trinajstić information content (AvgIpc) is 2.27. The number of carbonyl (C=O) groups is 2. The lowest BCUT2D eigenvalue weighted by molar-refractivity contribution is -0.118. The van der Waals surface area contributed by atoms with Gasteiger partial charge in [-0.25, -0.2) is 0 Å². The van der Waals surface area contributed by atoms with E-state index in [0.29, 0.717) is 5.75 Å². The van der Waals surface area contributed by atoms with Gasteiger partial charge < -0.3 is 21.1 Å². The Labute approximate surface area is 99.1 Å². The summed E-state index contributed by atoms with van der Waals surface area (Å²) in [6.45, 7) is -0.157. The summed E-state index contributed by atoms with van der Waals surface area (Å²) in [6.07, 6.45) is 0. The summed E-state index contributed by atoms with van der Waals surface area (Å²) in [5.41, 5.74) is 11.3. The molecule has 1 aromatic rings. The number of methoxy groups -OCH3 is 1. The second kappa shape index (κ2) is 5.20. The molecule has 0 radical (unpaired) electrons. The van der Waals surface area contributed by atoms with Crippen molar-refractivity contribution < 1.29 is 14.3 Å². The van der Waals surface area contributed by atoms with Crippen molar-refractivity contribution in [2.75, 3.05) is 26.4 Å². The molecular weight excluding hydrogens is 222 g/mol. The first-order valence-electron chi connectivity index (χ1n) is 4.93. The van der Waals surface area contributed by atoms with Gasteiger partial charge in [-0.15, -0.1) is 0 Å². The number of hydrogen-bond donors (Lipinski definition) is 2. The van der Waals surface area contributed by atoms with Gasteiger partial charge in [0.15, 0.2) is 0 Å². The molecule has 0 atom stereocenters. The van der Waals surface area contributed by atoms with Gasteiger partial charge in [0.25, 0.3) is 5.91 Å². The molecule has 0 bridgehead atoms. The van der Waals surface area contributed by atoms with Crippen LogP contribution in [0, 0.1) is 0 Å². The second-order valence-electron chi connectivity index (χ2n) is 3.55. The SMILES string of the molecule is COc1cccc(C(=O)N(C)CC(N)=O)c1N. The highest BCUT2D eigenvalue weighted by atomic mass is 16.5. The van der Waals surface area contributed by atoms with Crippen LogP contribution in [0.1, 0.15) is 10.4 Å². The number of nitrogen functional groups attached to an aromatic ring is 1. The largest absolute Gasteiger partial charge is 0.495 e. The summed E-state index contributed by atoms with van der Waals surface area (Å²) in [5, 5.41) is 0. The number of nitrogens with two attached hydrogens (primary N) is 2. The summed E-state index contributed by atoms with van der Waals surface area (Å²) in [5.74, 6) is -0.536. The zero-order chi connectivity index (χ0) is 13.0. The van der Waals surface area contributed by atoms with Crippen molar-refractivity contribution in [2.24, 2.45) is 5.73 Å². The molecular formula is C11H15N3O3. The lowest BCUT2D eigenvalue weighted by Gasteiger charge is -2.17. The normalized spacial score (nSPS) is 9.76. The third-order valence-electron chi connectivity index (χ3n) is 2.26. The van der Waals surface area contributed by atoms with Crippen molar-refractivity contribution in [3.63, 3.8) is 0 Å². The minimum atomic E-state index is -0.581. The number of primary amides is 1. The van der Waals surface area contributed by atoms with Gasteiger partial charge in [0.05, 0.1) is 24.9 Å². The minimum absolute atomic E-state index is 0.157. The fourth-order valence-electron chi connectivity index (χ4n) is 1.42. The smallest absolute Gasteiger partial charge is 0.256 e. The molecule has 1 rings (SSSR count). The summed E-state index contributed by atoms with van der Waals surface area (Å²) in [4.78, 5) is 23.9. The predicted octanol–water partition coefficient (Wildman–Crippen LogP) is -0.165. The number of nitrogens with zero attached hydrogens (tertiary/aromatic N) is 1. The highest BCUT2D eigenvalue weighted by molar-refractivity contribution is 6.01. The molecule has 0 saturated carbocycles. The molecule has 0 saturated heterocycles. The van der Waals surface area contributed by atoms with Crippen LogP contribution in [-0.4, -0.2) is 37.4 Å². The fraction of sp³-hybridized carbons (Fsp3) is 0.273. The summed E-state index contributed by atoms with van der Waals surface area (Å²) >= 11 is 0. The molecule has 2 amide bonds. The van der Waals surface area contributed by atoms with Gasteiger partial charge in [0.2, 0.25) is 5.91 Å². The summed E-state index contributed by atoms with van der Waals surface area (Å²) < 4.78 is 5.01. The number of hydrogen-bond acceptors (Lipinski definition) is 4. The first-order valence-corrected chi connectivity index (χ1v) is 4.93. The van der Waals surface area contributed by atoms with Gasteiger partial charge in [-0.05, 0) is 12.1 Å². The van der Waals surface area contributed by atoms with Crippen LogP contribution in [0.5, 0.6) is 5.75 Å². The van der Waals surface area contributed by atoms with Crippen LogP contribution in [0.25, 0.3) is 0 Å². The van der Waals surface area contributed by atoms with Gasteiger partial charge in [-0.3, -0.25) is 9.59 Å². The monoisotopic (exact) mass is 237 g/mol. The number of ether oxygens (including phenoxy) is 1. The van der Waals surface area contributed by atoms with Gasteiger partial charge >= 0.3 is 0 Å². The predicted molar refractivity (Wildman–Crippen MR) is 63.6 cm³/mol. The molecule has 0 fully saturated rings. The molecule has 6 heteroatoms. The van der Waals surface area contributed by atoms with Crippen molar-refractivity contribution in [1.82, 2.24) is 4.90 Å². The van der Waals surface area contributed by atoms with E-state index in [2.05, 4.69) is 0 Å². The molecule has 0 aromatic heterocycles. The van der Waals surface area contributed by atoms with E-state index < -0.39 is 5.91 Å². The van der Waals surface area contributed by atoms with Crippen LogP contribution in [0.3, 0.4) is 0 Å². The first-order chi connectivity index (χ1) is 7.97. The molecule has 0 spiro atoms. The third kappa shape index (κ3) is 2.87. The van der Waals surface area contributed by atoms with E-state index in [4.69, 9.17) is 16.2 Å². The third-order valence-corrected chi connectivity index (χ3v) is 2.26. The lowest BCUT2D eigenvalue weighted by atomic mass is 10.1. The van der Waals surface area contributed by atoms with Crippen LogP contribution < -0.4 is 16.2 Å². The van der Waals surface area contributed by atoms with Crippen molar-refractivity contribution >= 4 is 17.5 Å². The fourth-order valence-corrected chi connectivity index (χ4v) is 1.42. The zero-order valence-electron chi connectivity index (χ0n) is 9.77. The molecule has 0 aliphatic rings. The maximum absolute atomic E-state index is 12.0. The molecule has 0 unspecified atom stereocenters. The van der Waals surface area contributed by atoms with Gasteiger partial charge in [-0.1, -0.05) is 6.07 Å². The molecule has 1 aromatic carbocycles. The standard InChI is InChI=1S/C11H15N3O3/c1-14(6-9(12)15)11(16)7-4-3-5-8(17-2)10(7)13/h3-5H,6,13H2,1-2H3,(H2,12,15). The van der Waals surface area contributed by atoms with Gasteiger partial charge in [0, 0.05) is 7.05 Å². The molecule has 0 aliphatic carbocycles. The van der Waals surface area contributed by atoms with E-state index in [1.807, 2.05) is 0 Å². The minimum Gasteiger partial charge on any atom is -0.495 e. The van der Waals surface area contributed by atoms with Crippen molar-refractivity contribution in [1.29, 1.82) is 0 Å². The van der Waals surface area contributed by atoms with E-state index in [1.54, 1.807) is 18.2 Å². The maximum Gasteiger partial charge on any atom is 0.256 e. The van der Waals surface area contributed by atoms with Crippen molar-refractivity contribution in [2.45, 2.75) is 0 Å². The van der Waals surface area contributed by atoms with Crippen molar-refractivity contribution in [3.05, 3.63) is 23.8 Å². The van der Waals surface area contributed by atoms with E-state index in [-0.39, 0.29) is 23.7 Å². The molecule has 0 heterocycles. The first kappa shape index (κ1) is 12.8. The molecule has 6 nitrogen and oxygen atoms in total. The Kier molecular flexibility index (Phi) is 3.92. The average molecular weight is 237 g/mol. The Hall–Kier alpha value is -2.24. The number of carbonyl (C=O) groups excluding carboxylic acids is 2. The Morgan fingerprint density at radius 1 is 1.41 bits per heavy atom. The molecule has 17 heavy (non-hydrogen) atoms. The number of rotatable bonds is 4. The quantitative estimate of drug-likeness (QED) is 0.710. The second-order valence-corrected chi connectivity index (χ2v) is 3.55. The maximum atomic E-state index is 12.0. The molecule has 0 aliphatic heterocycles. The van der Waals surface area contributed by atoms with Crippen LogP contribution in [0.2, 0.25) is 0 Å². The van der Waals surface area contributed by atoms with Gasteiger partial charge in [-0.2, -0.15) is 0 Å². The Bertz CT molecular complexity index is 446. The van der Waals surface area contributed by atoms with Crippen molar-refractivity contribution in [3.8, 4) is 5.75 Å². The summed E-state index contributed by atoms with van der Waals surface area (Å²) in [6, 6.07) is 4.87. The Morgan fingerprint density at radius 2 is 2.06 bits per heavy atom. The molecule has 4 N–H and O–H groups in total. The number of likely N-dealkylation sites (N-methyl/N-ethyl adjacent to an activating group) is 1.